The van der Waals surface area contributed by atoms with Crippen molar-refractivity contribution in [3.63, 3.8) is 0 Å². The molecule has 0 aromatic heterocycles. The van der Waals surface area contributed by atoms with E-state index in [0.29, 0.717) is 0 Å². The second-order valence-electron chi connectivity index (χ2n) is 2.80. The van der Waals surface area contributed by atoms with Crippen molar-refractivity contribution in [1.29, 1.82) is 0 Å². The minimum atomic E-state index is 0.784. The van der Waals surface area contributed by atoms with Crippen molar-refractivity contribution in [2.24, 2.45) is 0 Å². The first-order chi connectivity index (χ1) is 6.36. The molecular formula is C10H11N3. The Bertz CT molecular complexity index is 326. The largest absolute Gasteiger partial charge is 0.399 e. The van der Waals surface area contributed by atoms with Gasteiger partial charge < -0.3 is 16.0 Å². The molecule has 0 atom stereocenters. The van der Waals surface area contributed by atoms with Crippen LogP contribution in [0.1, 0.15) is 0 Å². The second-order valence-corrected chi connectivity index (χ2v) is 2.80. The highest BCUT2D eigenvalue weighted by molar-refractivity contribution is 5.57. The quantitative estimate of drug-likeness (QED) is 0.634. The van der Waals surface area contributed by atoms with Crippen molar-refractivity contribution in [2.75, 3.05) is 10.6 Å². The summed E-state index contributed by atoms with van der Waals surface area (Å²) in [5.41, 5.74) is 7.47. The molecule has 2 rings (SSSR count). The summed E-state index contributed by atoms with van der Waals surface area (Å²) in [7, 11) is 0. The molecule has 0 radical (unpaired) electrons. The number of nitrogens with one attached hydrogen (secondary N) is 1. The van der Waals surface area contributed by atoms with Gasteiger partial charge in [-0.3, -0.25) is 0 Å². The van der Waals surface area contributed by atoms with E-state index in [1.165, 1.54) is 0 Å². The van der Waals surface area contributed by atoms with Gasteiger partial charge in [-0.15, -0.1) is 0 Å². The zero-order valence-electron chi connectivity index (χ0n) is 7.14. The van der Waals surface area contributed by atoms with Crippen LogP contribution in [0.5, 0.6) is 0 Å². The topological polar surface area (TPSA) is 41.3 Å². The van der Waals surface area contributed by atoms with E-state index in [9.17, 15) is 0 Å². The van der Waals surface area contributed by atoms with Gasteiger partial charge in [0, 0.05) is 36.2 Å². The van der Waals surface area contributed by atoms with Crippen LogP contribution in [0.3, 0.4) is 0 Å². The summed E-state index contributed by atoms with van der Waals surface area (Å²) in [6.07, 6.45) is 7.64. The number of hydrogen-bond donors (Lipinski definition) is 2. The summed E-state index contributed by atoms with van der Waals surface area (Å²) < 4.78 is 0. The van der Waals surface area contributed by atoms with Crippen molar-refractivity contribution in [3.05, 3.63) is 49.1 Å². The molecule has 3 N–H and O–H groups in total. The smallest absolute Gasteiger partial charge is 0.0452 e. The highest BCUT2D eigenvalue weighted by atomic mass is 15.1. The van der Waals surface area contributed by atoms with Crippen LogP contribution in [0.2, 0.25) is 0 Å². The molecule has 0 bridgehead atoms. The van der Waals surface area contributed by atoms with E-state index in [-0.39, 0.29) is 0 Å². The number of rotatable bonds is 1. The van der Waals surface area contributed by atoms with E-state index < -0.39 is 0 Å². The van der Waals surface area contributed by atoms with Gasteiger partial charge in [-0.1, -0.05) is 0 Å². The predicted octanol–water partition coefficient (Wildman–Crippen LogP) is 1.62. The first-order valence-corrected chi connectivity index (χ1v) is 4.09. The molecule has 3 nitrogen and oxygen atoms in total. The molecule has 0 aliphatic carbocycles. The number of hydrogen-bond acceptors (Lipinski definition) is 3. The molecule has 3 heteroatoms. The van der Waals surface area contributed by atoms with Crippen LogP contribution in [-0.2, 0) is 0 Å². The lowest BCUT2D eigenvalue weighted by Gasteiger charge is -2.18. The van der Waals surface area contributed by atoms with Gasteiger partial charge in [0.25, 0.3) is 0 Å². The van der Waals surface area contributed by atoms with E-state index in [1.807, 2.05) is 54.0 Å². The molecule has 0 fully saturated rings. The third-order valence-corrected chi connectivity index (χ3v) is 1.85. The van der Waals surface area contributed by atoms with Crippen LogP contribution in [-0.4, -0.2) is 0 Å². The maximum absolute atomic E-state index is 5.59. The van der Waals surface area contributed by atoms with Crippen LogP contribution in [0.4, 0.5) is 11.4 Å². The van der Waals surface area contributed by atoms with Gasteiger partial charge in [0.15, 0.2) is 0 Å². The number of nitrogen functional groups attached to an aromatic ring is 1. The Hall–Kier alpha value is -1.90. The predicted molar refractivity (Wildman–Crippen MR) is 54.7 cm³/mol. The van der Waals surface area contributed by atoms with Gasteiger partial charge in [0.05, 0.1) is 0 Å². The molecule has 1 aliphatic heterocycles. The molecule has 1 aliphatic rings. The van der Waals surface area contributed by atoms with E-state index >= 15 is 0 Å². The molecule has 0 saturated carbocycles. The van der Waals surface area contributed by atoms with E-state index in [2.05, 4.69) is 5.32 Å². The van der Waals surface area contributed by atoms with Gasteiger partial charge in [-0.2, -0.15) is 0 Å². The second kappa shape index (κ2) is 3.23. The standard InChI is InChI=1S/C10H11N3/c11-9-1-3-10(4-2-9)13-7-5-12-6-8-13/h1-8,12H,11H2. The Labute approximate surface area is 77.2 Å². The summed E-state index contributed by atoms with van der Waals surface area (Å²) in [4.78, 5) is 2.01. The average Bonchev–Trinajstić information content (AvgIpc) is 2.20. The summed E-state index contributed by atoms with van der Waals surface area (Å²) in [5.74, 6) is 0. The lowest BCUT2D eigenvalue weighted by Crippen LogP contribution is -2.13. The molecular weight excluding hydrogens is 162 g/mol. The third-order valence-electron chi connectivity index (χ3n) is 1.85. The Morgan fingerprint density at radius 1 is 1.00 bits per heavy atom. The van der Waals surface area contributed by atoms with Crippen LogP contribution >= 0.6 is 0 Å². The van der Waals surface area contributed by atoms with Gasteiger partial charge in [-0.05, 0) is 24.3 Å². The molecule has 0 unspecified atom stereocenters. The fourth-order valence-electron chi connectivity index (χ4n) is 1.17. The third kappa shape index (κ3) is 1.64. The Morgan fingerprint density at radius 2 is 1.62 bits per heavy atom. The first-order valence-electron chi connectivity index (χ1n) is 4.09. The van der Waals surface area contributed by atoms with Crippen LogP contribution in [0.15, 0.2) is 49.1 Å². The maximum Gasteiger partial charge on any atom is 0.0452 e. The SMILES string of the molecule is Nc1ccc(N2C=CNC=C2)cc1. The summed E-state index contributed by atoms with van der Waals surface area (Å²) in [6, 6.07) is 7.74. The van der Waals surface area contributed by atoms with E-state index in [4.69, 9.17) is 5.73 Å². The number of benzene rings is 1. The minimum absolute atomic E-state index is 0.784. The first kappa shape index (κ1) is 7.73. The van der Waals surface area contributed by atoms with Crippen molar-refractivity contribution in [3.8, 4) is 0 Å². The van der Waals surface area contributed by atoms with Crippen LogP contribution < -0.4 is 16.0 Å². The van der Waals surface area contributed by atoms with E-state index in [1.54, 1.807) is 0 Å². The molecule has 66 valence electrons. The maximum atomic E-state index is 5.59. The molecule has 1 aromatic rings. The monoisotopic (exact) mass is 173 g/mol. The van der Waals surface area contributed by atoms with Crippen LogP contribution in [0, 0.1) is 0 Å². The lowest BCUT2D eigenvalue weighted by molar-refractivity contribution is 1.09. The van der Waals surface area contributed by atoms with Crippen molar-refractivity contribution >= 4 is 11.4 Å². The Balaban J connectivity index is 2.25. The van der Waals surface area contributed by atoms with E-state index in [0.717, 1.165) is 11.4 Å². The molecule has 0 saturated heterocycles. The molecule has 13 heavy (non-hydrogen) atoms. The summed E-state index contributed by atoms with van der Waals surface area (Å²) in [5, 5.41) is 2.97. The number of nitrogens with zero attached hydrogens (tertiary/aromatic N) is 1. The average molecular weight is 173 g/mol. The van der Waals surface area contributed by atoms with Crippen molar-refractivity contribution in [1.82, 2.24) is 5.32 Å². The van der Waals surface area contributed by atoms with Crippen LogP contribution in [0.25, 0.3) is 0 Å². The minimum Gasteiger partial charge on any atom is -0.399 e. The van der Waals surface area contributed by atoms with Gasteiger partial charge >= 0.3 is 0 Å². The highest BCUT2D eigenvalue weighted by Crippen LogP contribution is 2.17. The van der Waals surface area contributed by atoms with Gasteiger partial charge in [0.2, 0.25) is 0 Å². The zero-order chi connectivity index (χ0) is 9.10. The zero-order valence-corrected chi connectivity index (χ0v) is 7.14. The van der Waals surface area contributed by atoms with Gasteiger partial charge in [-0.25, -0.2) is 0 Å². The summed E-state index contributed by atoms with van der Waals surface area (Å²) in [6.45, 7) is 0. The normalized spacial score (nSPS) is 14.3. The molecule has 1 heterocycles. The Morgan fingerprint density at radius 3 is 2.23 bits per heavy atom. The van der Waals surface area contributed by atoms with Gasteiger partial charge in [0.1, 0.15) is 0 Å². The highest BCUT2D eigenvalue weighted by Gasteiger charge is 1.99. The van der Waals surface area contributed by atoms with Crippen molar-refractivity contribution in [2.45, 2.75) is 0 Å². The molecule has 1 aromatic carbocycles. The number of anilines is 2. The molecule has 0 amide bonds. The Kier molecular flexibility index (Phi) is 1.92. The molecule has 0 spiro atoms. The lowest BCUT2D eigenvalue weighted by atomic mass is 10.2. The summed E-state index contributed by atoms with van der Waals surface area (Å²) >= 11 is 0. The van der Waals surface area contributed by atoms with Crippen molar-refractivity contribution < 1.29 is 0 Å². The fraction of sp³-hybridized carbons (Fsp3) is 0. The fourth-order valence-corrected chi connectivity index (χ4v) is 1.17. The number of nitrogens with two attached hydrogens (primary N) is 1.